The lowest BCUT2D eigenvalue weighted by Gasteiger charge is -2.28. The third-order valence-corrected chi connectivity index (χ3v) is 3.10. The van der Waals surface area contributed by atoms with E-state index >= 15 is 0 Å². The van der Waals surface area contributed by atoms with E-state index in [2.05, 4.69) is 39.1 Å². The van der Waals surface area contributed by atoms with Gasteiger partial charge >= 0.3 is 0 Å². The number of carbonyl (C=O) groups excluding carboxylic acids is 2. The lowest BCUT2D eigenvalue weighted by Crippen LogP contribution is -2.38. The van der Waals surface area contributed by atoms with Gasteiger partial charge in [-0.05, 0) is 40.5 Å². The highest BCUT2D eigenvalue weighted by molar-refractivity contribution is 7.96. The molecule has 0 saturated carbocycles. The summed E-state index contributed by atoms with van der Waals surface area (Å²) in [4.78, 5) is 25.0. The summed E-state index contributed by atoms with van der Waals surface area (Å²) in [6.45, 7) is 13.7. The van der Waals surface area contributed by atoms with Gasteiger partial charge in [-0.1, -0.05) is 39.1 Å². The molecular formula is C14H30N2O2S2. The van der Waals surface area contributed by atoms with Crippen LogP contribution in [0.5, 0.6) is 0 Å². The minimum atomic E-state index is -0.148. The highest BCUT2D eigenvalue weighted by Gasteiger charge is 2.15. The average Bonchev–Trinajstić information content (AvgIpc) is 2.27. The van der Waals surface area contributed by atoms with E-state index in [1.807, 2.05) is 27.7 Å². The standard InChI is InChI=1S/2C7H15NOS/c1-5(2)8(6(3)4)7(9)10;1-3-5-8(6-4-2)7(9)10/h5-6H,1-4H3,(H,9,10);3-6H2,1-2H3,(H,9,10). The SMILES string of the molecule is CC(C)N(C(=O)S)C(C)C.CCCN(CCC)C(=O)S. The molecular weight excluding hydrogens is 292 g/mol. The van der Waals surface area contributed by atoms with Crippen LogP contribution in [0.1, 0.15) is 54.4 Å². The van der Waals surface area contributed by atoms with Crippen molar-refractivity contribution in [3.8, 4) is 0 Å². The second-order valence-electron chi connectivity index (χ2n) is 5.15. The molecule has 0 unspecified atom stereocenters. The second kappa shape index (κ2) is 12.4. The van der Waals surface area contributed by atoms with E-state index in [1.54, 1.807) is 9.80 Å². The molecule has 20 heavy (non-hydrogen) atoms. The third-order valence-electron chi connectivity index (χ3n) is 2.59. The highest BCUT2D eigenvalue weighted by atomic mass is 32.1. The maximum atomic E-state index is 10.8. The molecule has 0 spiro atoms. The zero-order valence-corrected chi connectivity index (χ0v) is 15.4. The Morgan fingerprint density at radius 1 is 0.850 bits per heavy atom. The maximum Gasteiger partial charge on any atom is 0.279 e. The van der Waals surface area contributed by atoms with Crippen LogP contribution in [0.4, 0.5) is 9.59 Å². The molecule has 0 saturated heterocycles. The van der Waals surface area contributed by atoms with Crippen LogP contribution in [0.2, 0.25) is 0 Å². The van der Waals surface area contributed by atoms with Crippen LogP contribution in [-0.2, 0) is 0 Å². The van der Waals surface area contributed by atoms with Gasteiger partial charge in [0.05, 0.1) is 0 Å². The van der Waals surface area contributed by atoms with Gasteiger partial charge in [0.25, 0.3) is 10.5 Å². The Bertz CT molecular complexity index is 270. The van der Waals surface area contributed by atoms with Gasteiger partial charge in [0.2, 0.25) is 0 Å². The van der Waals surface area contributed by atoms with Crippen LogP contribution in [0.3, 0.4) is 0 Å². The van der Waals surface area contributed by atoms with Crippen LogP contribution in [-0.4, -0.2) is 45.5 Å². The summed E-state index contributed by atoms with van der Waals surface area (Å²) < 4.78 is 0. The summed E-state index contributed by atoms with van der Waals surface area (Å²) >= 11 is 7.51. The van der Waals surface area contributed by atoms with Crippen LogP contribution in [0.25, 0.3) is 0 Å². The molecule has 0 heterocycles. The minimum Gasteiger partial charge on any atom is -0.334 e. The third kappa shape index (κ3) is 10.4. The lowest BCUT2D eigenvalue weighted by atomic mass is 10.2. The van der Waals surface area contributed by atoms with E-state index in [4.69, 9.17) is 0 Å². The van der Waals surface area contributed by atoms with Gasteiger partial charge in [-0.3, -0.25) is 9.59 Å². The van der Waals surface area contributed by atoms with Gasteiger partial charge < -0.3 is 9.80 Å². The van der Waals surface area contributed by atoms with Gasteiger partial charge in [0.15, 0.2) is 0 Å². The molecule has 0 aliphatic heterocycles. The summed E-state index contributed by atoms with van der Waals surface area (Å²) in [6.07, 6.45) is 2.01. The first-order valence-corrected chi connectivity index (χ1v) is 8.07. The summed E-state index contributed by atoms with van der Waals surface area (Å²) in [5.41, 5.74) is 0. The smallest absolute Gasteiger partial charge is 0.279 e. The molecule has 0 bridgehead atoms. The van der Waals surface area contributed by atoms with E-state index in [9.17, 15) is 9.59 Å². The van der Waals surface area contributed by atoms with E-state index in [-0.39, 0.29) is 22.6 Å². The van der Waals surface area contributed by atoms with Crippen molar-refractivity contribution in [1.29, 1.82) is 0 Å². The summed E-state index contributed by atoms with van der Waals surface area (Å²) in [5.74, 6) is 0. The number of amides is 2. The number of hydrogen-bond donors (Lipinski definition) is 2. The topological polar surface area (TPSA) is 40.6 Å². The Hall–Kier alpha value is -0.360. The Morgan fingerprint density at radius 2 is 1.20 bits per heavy atom. The Labute approximate surface area is 135 Å². The molecule has 0 fully saturated rings. The fourth-order valence-electron chi connectivity index (χ4n) is 1.88. The van der Waals surface area contributed by atoms with Gasteiger partial charge in [-0.15, -0.1) is 0 Å². The predicted molar refractivity (Wildman–Crippen MR) is 93.0 cm³/mol. The summed E-state index contributed by atoms with van der Waals surface area (Å²) in [7, 11) is 0. The molecule has 0 aromatic heterocycles. The first-order valence-electron chi connectivity index (χ1n) is 7.18. The number of hydrogen-bond acceptors (Lipinski definition) is 2. The number of thiol groups is 2. The predicted octanol–water partition coefficient (Wildman–Crippen LogP) is 4.31. The van der Waals surface area contributed by atoms with Gasteiger partial charge in [0.1, 0.15) is 0 Å². The zero-order valence-electron chi connectivity index (χ0n) is 13.6. The first kappa shape index (κ1) is 21.9. The lowest BCUT2D eigenvalue weighted by molar-refractivity contribution is 0.190. The quantitative estimate of drug-likeness (QED) is 0.715. The molecule has 0 aliphatic rings. The normalized spacial score (nSPS) is 10.1. The van der Waals surface area contributed by atoms with E-state index in [0.29, 0.717) is 0 Å². The second-order valence-corrected chi connectivity index (χ2v) is 5.91. The molecule has 6 heteroatoms. The maximum absolute atomic E-state index is 10.8. The van der Waals surface area contributed by atoms with Crippen molar-refractivity contribution in [2.75, 3.05) is 13.1 Å². The Balaban J connectivity index is 0. The number of nitrogens with zero attached hydrogens (tertiary/aromatic N) is 2. The molecule has 0 aromatic carbocycles. The minimum absolute atomic E-state index is 0.108. The van der Waals surface area contributed by atoms with Crippen molar-refractivity contribution in [2.45, 2.75) is 66.5 Å². The molecule has 120 valence electrons. The number of carbonyl (C=O) groups is 2. The van der Waals surface area contributed by atoms with Crippen molar-refractivity contribution in [3.63, 3.8) is 0 Å². The molecule has 0 aromatic rings. The van der Waals surface area contributed by atoms with Crippen molar-refractivity contribution >= 4 is 35.7 Å². The number of rotatable bonds is 6. The summed E-state index contributed by atoms with van der Waals surface area (Å²) in [5, 5.41) is -0.256. The van der Waals surface area contributed by atoms with E-state index < -0.39 is 0 Å². The van der Waals surface area contributed by atoms with Crippen LogP contribution in [0, 0.1) is 0 Å². The van der Waals surface area contributed by atoms with Crippen LogP contribution < -0.4 is 0 Å². The van der Waals surface area contributed by atoms with E-state index in [1.165, 1.54) is 0 Å². The molecule has 4 nitrogen and oxygen atoms in total. The Morgan fingerprint density at radius 3 is 1.30 bits per heavy atom. The van der Waals surface area contributed by atoms with Crippen LogP contribution >= 0.6 is 25.3 Å². The van der Waals surface area contributed by atoms with Crippen molar-refractivity contribution in [3.05, 3.63) is 0 Å². The van der Waals surface area contributed by atoms with Crippen LogP contribution in [0.15, 0.2) is 0 Å². The molecule has 0 N–H and O–H groups in total. The Kier molecular flexibility index (Phi) is 13.6. The average molecular weight is 323 g/mol. The fourth-order valence-corrected chi connectivity index (χ4v) is 2.54. The van der Waals surface area contributed by atoms with Crippen molar-refractivity contribution in [2.24, 2.45) is 0 Å². The van der Waals surface area contributed by atoms with Gasteiger partial charge in [-0.2, -0.15) is 0 Å². The monoisotopic (exact) mass is 322 g/mol. The van der Waals surface area contributed by atoms with Gasteiger partial charge in [-0.25, -0.2) is 0 Å². The van der Waals surface area contributed by atoms with E-state index in [0.717, 1.165) is 25.9 Å². The zero-order chi connectivity index (χ0) is 16.3. The van der Waals surface area contributed by atoms with Gasteiger partial charge in [0, 0.05) is 25.2 Å². The molecule has 0 radical (unpaired) electrons. The molecule has 0 atom stereocenters. The molecule has 0 aliphatic carbocycles. The van der Waals surface area contributed by atoms with Crippen molar-refractivity contribution < 1.29 is 9.59 Å². The summed E-state index contributed by atoms with van der Waals surface area (Å²) in [6, 6.07) is 0.481. The fraction of sp³-hybridized carbons (Fsp3) is 0.857. The first-order chi connectivity index (χ1) is 9.18. The highest BCUT2D eigenvalue weighted by Crippen LogP contribution is 2.07. The molecule has 0 rings (SSSR count). The largest absolute Gasteiger partial charge is 0.334 e. The molecule has 2 amide bonds. The van der Waals surface area contributed by atoms with Crippen molar-refractivity contribution in [1.82, 2.24) is 9.80 Å².